The van der Waals surface area contributed by atoms with E-state index in [4.69, 9.17) is 11.6 Å². The van der Waals surface area contributed by atoms with Crippen LogP contribution in [-0.2, 0) is 13.1 Å². The van der Waals surface area contributed by atoms with E-state index in [1.165, 1.54) is 12.8 Å². The smallest absolute Gasteiger partial charge is 0.318 e. The Bertz CT molecular complexity index is 761. The summed E-state index contributed by atoms with van der Waals surface area (Å²) in [7, 11) is 0. The summed E-state index contributed by atoms with van der Waals surface area (Å²) in [6, 6.07) is 7.78. The summed E-state index contributed by atoms with van der Waals surface area (Å²) >= 11 is 6.29. The molecule has 0 bridgehead atoms. The Hall–Kier alpha value is -2.01. The molecular weight excluding hydrogens is 348 g/mol. The van der Waals surface area contributed by atoms with Crippen LogP contribution in [0.5, 0.6) is 0 Å². The Morgan fingerprint density at radius 3 is 2.73 bits per heavy atom. The number of benzene rings is 1. The zero-order valence-corrected chi connectivity index (χ0v) is 16.5. The van der Waals surface area contributed by atoms with Gasteiger partial charge in [0.05, 0.1) is 13.1 Å². The Balaban J connectivity index is 1.74. The molecule has 0 aliphatic heterocycles. The summed E-state index contributed by atoms with van der Waals surface area (Å²) < 4.78 is 2.06. The van der Waals surface area contributed by atoms with Gasteiger partial charge in [0, 0.05) is 29.5 Å². The zero-order chi connectivity index (χ0) is 18.7. The highest BCUT2D eigenvalue weighted by molar-refractivity contribution is 6.31. The van der Waals surface area contributed by atoms with Crippen molar-refractivity contribution in [1.29, 1.82) is 0 Å². The molecular formula is C20H27ClN4O. The molecule has 1 aromatic heterocycles. The number of hydrogen-bond acceptors (Lipinski definition) is 2. The molecule has 6 heteroatoms. The van der Waals surface area contributed by atoms with Gasteiger partial charge in [-0.2, -0.15) is 0 Å². The van der Waals surface area contributed by atoms with Crippen LogP contribution in [-0.4, -0.2) is 32.6 Å². The predicted molar refractivity (Wildman–Crippen MR) is 104 cm³/mol. The van der Waals surface area contributed by atoms with Gasteiger partial charge in [-0.15, -0.1) is 0 Å². The van der Waals surface area contributed by atoms with Gasteiger partial charge in [0.15, 0.2) is 0 Å². The van der Waals surface area contributed by atoms with Gasteiger partial charge in [0.2, 0.25) is 0 Å². The third-order valence-electron chi connectivity index (χ3n) is 4.38. The van der Waals surface area contributed by atoms with Crippen molar-refractivity contribution in [2.24, 2.45) is 5.92 Å². The number of amides is 2. The average molecular weight is 375 g/mol. The number of aromatic nitrogens is 2. The number of nitrogens with zero attached hydrogens (tertiary/aromatic N) is 3. The second-order valence-corrected chi connectivity index (χ2v) is 8.47. The molecule has 26 heavy (non-hydrogen) atoms. The van der Waals surface area contributed by atoms with E-state index in [1.807, 2.05) is 56.1 Å². The summed E-state index contributed by atoms with van der Waals surface area (Å²) in [4.78, 5) is 19.1. The number of nitrogens with one attached hydrogen (secondary N) is 1. The predicted octanol–water partition coefficient (Wildman–Crippen LogP) is 4.30. The summed E-state index contributed by atoms with van der Waals surface area (Å²) in [5.74, 6) is 1.49. The largest absolute Gasteiger partial charge is 0.333 e. The quantitative estimate of drug-likeness (QED) is 0.819. The molecule has 1 aliphatic carbocycles. The molecule has 1 aromatic carbocycles. The van der Waals surface area contributed by atoms with Crippen LogP contribution in [0.3, 0.4) is 0 Å². The molecule has 0 spiro atoms. The van der Waals surface area contributed by atoms with Gasteiger partial charge in [-0.05, 0) is 51.2 Å². The van der Waals surface area contributed by atoms with Gasteiger partial charge in [0.25, 0.3) is 0 Å². The first kappa shape index (κ1) is 18.8. The fourth-order valence-electron chi connectivity index (χ4n) is 2.85. The molecule has 2 aromatic rings. The van der Waals surface area contributed by atoms with E-state index < -0.39 is 0 Å². The van der Waals surface area contributed by atoms with Gasteiger partial charge in [-0.1, -0.05) is 29.8 Å². The van der Waals surface area contributed by atoms with Crippen molar-refractivity contribution in [2.75, 3.05) is 6.54 Å². The molecule has 0 unspecified atom stereocenters. The van der Waals surface area contributed by atoms with Crippen molar-refractivity contribution in [2.45, 2.75) is 52.2 Å². The molecule has 140 valence electrons. The summed E-state index contributed by atoms with van der Waals surface area (Å²) in [6.07, 6.45) is 6.12. The zero-order valence-electron chi connectivity index (χ0n) is 15.7. The first-order valence-corrected chi connectivity index (χ1v) is 9.50. The molecule has 0 saturated heterocycles. The molecule has 1 N–H and O–H groups in total. The minimum Gasteiger partial charge on any atom is -0.333 e. The highest BCUT2D eigenvalue weighted by atomic mass is 35.5. The molecule has 1 saturated carbocycles. The number of imidazole rings is 1. The van der Waals surface area contributed by atoms with Crippen LogP contribution < -0.4 is 5.32 Å². The van der Waals surface area contributed by atoms with Gasteiger partial charge in [-0.25, -0.2) is 9.78 Å². The molecule has 3 rings (SSSR count). The van der Waals surface area contributed by atoms with Crippen LogP contribution in [0.25, 0.3) is 0 Å². The van der Waals surface area contributed by atoms with E-state index in [-0.39, 0.29) is 11.6 Å². The molecule has 5 nitrogen and oxygen atoms in total. The maximum Gasteiger partial charge on any atom is 0.318 e. The third kappa shape index (κ3) is 5.24. The van der Waals surface area contributed by atoms with Crippen molar-refractivity contribution < 1.29 is 4.79 Å². The summed E-state index contributed by atoms with van der Waals surface area (Å²) in [5.41, 5.74) is 0.785. The van der Waals surface area contributed by atoms with Gasteiger partial charge < -0.3 is 14.8 Å². The number of carbonyl (C=O) groups excluding carboxylic acids is 1. The van der Waals surface area contributed by atoms with Crippen molar-refractivity contribution in [3.8, 4) is 0 Å². The lowest BCUT2D eigenvalue weighted by Gasteiger charge is -2.28. The minimum absolute atomic E-state index is 0.0308. The molecule has 1 heterocycles. The standard InChI is InChI=1S/C20H27ClN4O/c1-20(2,3)23-19(26)25(12-15-8-9-15)14-18-22-10-11-24(18)13-16-6-4-5-7-17(16)21/h4-7,10-11,15H,8-9,12-14H2,1-3H3,(H,23,26). The number of rotatable bonds is 6. The molecule has 1 aliphatic rings. The third-order valence-corrected chi connectivity index (χ3v) is 4.75. The highest BCUT2D eigenvalue weighted by Gasteiger charge is 2.29. The Kier molecular flexibility index (Phi) is 5.56. The first-order valence-electron chi connectivity index (χ1n) is 9.12. The van der Waals surface area contributed by atoms with Crippen molar-refractivity contribution >= 4 is 17.6 Å². The van der Waals surface area contributed by atoms with Gasteiger partial charge in [-0.3, -0.25) is 0 Å². The fraction of sp³-hybridized carbons (Fsp3) is 0.500. The van der Waals surface area contributed by atoms with Crippen molar-refractivity contribution in [3.63, 3.8) is 0 Å². The Morgan fingerprint density at radius 1 is 1.35 bits per heavy atom. The van der Waals surface area contributed by atoms with E-state index in [0.717, 1.165) is 23.0 Å². The topological polar surface area (TPSA) is 50.2 Å². The minimum atomic E-state index is -0.258. The van der Waals surface area contributed by atoms with Crippen molar-refractivity contribution in [3.05, 3.63) is 53.1 Å². The lowest BCUT2D eigenvalue weighted by Crippen LogP contribution is -2.49. The van der Waals surface area contributed by atoms with E-state index in [1.54, 1.807) is 6.20 Å². The highest BCUT2D eigenvalue weighted by Crippen LogP contribution is 2.30. The van der Waals surface area contributed by atoms with Crippen LogP contribution in [0.4, 0.5) is 4.79 Å². The van der Waals surface area contributed by atoms with E-state index in [2.05, 4.69) is 14.9 Å². The molecule has 0 atom stereocenters. The van der Waals surface area contributed by atoms with Crippen molar-refractivity contribution in [1.82, 2.24) is 19.8 Å². The summed E-state index contributed by atoms with van der Waals surface area (Å²) in [5, 5.41) is 3.81. The van der Waals surface area contributed by atoms with Crippen LogP contribution in [0.1, 0.15) is 45.0 Å². The fourth-order valence-corrected chi connectivity index (χ4v) is 3.04. The lowest BCUT2D eigenvalue weighted by atomic mass is 10.1. The molecule has 2 amide bonds. The first-order chi connectivity index (χ1) is 12.3. The number of urea groups is 1. The Morgan fingerprint density at radius 2 is 2.08 bits per heavy atom. The summed E-state index contributed by atoms with van der Waals surface area (Å²) in [6.45, 7) is 7.92. The van der Waals surface area contributed by atoms with E-state index >= 15 is 0 Å². The van der Waals surface area contributed by atoms with Crippen LogP contribution in [0, 0.1) is 5.92 Å². The normalized spacial score (nSPS) is 14.3. The lowest BCUT2D eigenvalue weighted by molar-refractivity contribution is 0.181. The second-order valence-electron chi connectivity index (χ2n) is 8.07. The maximum atomic E-state index is 12.7. The van der Waals surface area contributed by atoms with Crippen LogP contribution in [0.15, 0.2) is 36.7 Å². The van der Waals surface area contributed by atoms with Gasteiger partial charge >= 0.3 is 6.03 Å². The average Bonchev–Trinajstić information content (AvgIpc) is 3.26. The number of hydrogen-bond donors (Lipinski definition) is 1. The maximum absolute atomic E-state index is 12.7. The van der Waals surface area contributed by atoms with E-state index in [9.17, 15) is 4.79 Å². The van der Waals surface area contributed by atoms with Crippen LogP contribution in [0.2, 0.25) is 5.02 Å². The second kappa shape index (κ2) is 7.70. The Labute approximate surface area is 160 Å². The van der Waals surface area contributed by atoms with Crippen LogP contribution >= 0.6 is 11.6 Å². The monoisotopic (exact) mass is 374 g/mol. The molecule has 0 radical (unpaired) electrons. The number of carbonyl (C=O) groups is 1. The van der Waals surface area contributed by atoms with E-state index in [0.29, 0.717) is 19.0 Å². The number of halogens is 1. The molecule has 1 fully saturated rings. The SMILES string of the molecule is CC(C)(C)NC(=O)N(Cc1nccn1Cc1ccccc1Cl)CC1CC1. The van der Waals surface area contributed by atoms with Gasteiger partial charge in [0.1, 0.15) is 5.82 Å².